The van der Waals surface area contributed by atoms with Gasteiger partial charge >= 0.3 is 6.09 Å². The van der Waals surface area contributed by atoms with Crippen molar-refractivity contribution in [3.8, 4) is 0 Å². The number of amides is 1. The summed E-state index contributed by atoms with van der Waals surface area (Å²) in [4.78, 5) is 10.7. The molecule has 0 aromatic heterocycles. The Bertz CT molecular complexity index is 379. The van der Waals surface area contributed by atoms with Crippen LogP contribution in [-0.4, -0.2) is 11.7 Å². The zero-order valence-electron chi connectivity index (χ0n) is 9.69. The smallest absolute Gasteiger partial charge is 0.405 e. The van der Waals surface area contributed by atoms with Crippen molar-refractivity contribution in [2.75, 3.05) is 0 Å². The second-order valence-electron chi connectivity index (χ2n) is 4.30. The molecule has 1 amide bonds. The lowest BCUT2D eigenvalue weighted by Crippen LogP contribution is -2.33. The standard InChI is InChI=1S/C13H17NO2/c1-4-10-5-7-11(8-6-10)9-13(2,3)16-12(14)15/h4-8H,1,9H2,2-3H3,(H2,14,15). The third-order valence-electron chi connectivity index (χ3n) is 2.22. The van der Waals surface area contributed by atoms with Gasteiger partial charge in [-0.3, -0.25) is 0 Å². The zero-order valence-corrected chi connectivity index (χ0v) is 9.69. The van der Waals surface area contributed by atoms with E-state index in [1.165, 1.54) is 0 Å². The third kappa shape index (κ3) is 3.77. The van der Waals surface area contributed by atoms with Crippen LogP contribution in [0.25, 0.3) is 6.08 Å². The van der Waals surface area contributed by atoms with Crippen molar-refractivity contribution in [2.45, 2.75) is 25.9 Å². The van der Waals surface area contributed by atoms with Crippen LogP contribution in [0.4, 0.5) is 4.79 Å². The normalized spacial score (nSPS) is 10.9. The number of hydrogen-bond donors (Lipinski definition) is 1. The summed E-state index contributed by atoms with van der Waals surface area (Å²) in [5, 5.41) is 0. The van der Waals surface area contributed by atoms with Crippen molar-refractivity contribution in [2.24, 2.45) is 5.73 Å². The van der Waals surface area contributed by atoms with Gasteiger partial charge in [0.15, 0.2) is 0 Å². The van der Waals surface area contributed by atoms with E-state index in [-0.39, 0.29) is 0 Å². The monoisotopic (exact) mass is 219 g/mol. The Kier molecular flexibility index (Phi) is 3.72. The fourth-order valence-corrected chi connectivity index (χ4v) is 1.57. The van der Waals surface area contributed by atoms with Crippen LogP contribution in [0.1, 0.15) is 25.0 Å². The summed E-state index contributed by atoms with van der Waals surface area (Å²) in [6.07, 6.45) is 1.68. The van der Waals surface area contributed by atoms with Crippen LogP contribution in [0.3, 0.4) is 0 Å². The molecule has 0 aliphatic rings. The number of hydrogen-bond acceptors (Lipinski definition) is 2. The lowest BCUT2D eigenvalue weighted by Gasteiger charge is -2.24. The third-order valence-corrected chi connectivity index (χ3v) is 2.22. The van der Waals surface area contributed by atoms with E-state index in [2.05, 4.69) is 6.58 Å². The molecule has 16 heavy (non-hydrogen) atoms. The number of primary amides is 1. The fraction of sp³-hybridized carbons (Fsp3) is 0.308. The van der Waals surface area contributed by atoms with Crippen LogP contribution >= 0.6 is 0 Å². The number of carbonyl (C=O) groups excluding carboxylic acids is 1. The van der Waals surface area contributed by atoms with Crippen molar-refractivity contribution < 1.29 is 9.53 Å². The van der Waals surface area contributed by atoms with E-state index in [1.807, 2.05) is 38.1 Å². The van der Waals surface area contributed by atoms with E-state index >= 15 is 0 Å². The van der Waals surface area contributed by atoms with E-state index in [9.17, 15) is 4.79 Å². The minimum atomic E-state index is -0.743. The lowest BCUT2D eigenvalue weighted by molar-refractivity contribution is 0.0460. The van der Waals surface area contributed by atoms with Crippen molar-refractivity contribution in [1.29, 1.82) is 0 Å². The summed E-state index contributed by atoms with van der Waals surface area (Å²) in [7, 11) is 0. The molecule has 0 aliphatic heterocycles. The zero-order chi connectivity index (χ0) is 12.2. The van der Waals surface area contributed by atoms with Gasteiger partial charge in [0.25, 0.3) is 0 Å². The molecule has 2 N–H and O–H groups in total. The Morgan fingerprint density at radius 3 is 2.44 bits per heavy atom. The first-order chi connectivity index (χ1) is 7.43. The number of ether oxygens (including phenoxy) is 1. The number of nitrogens with two attached hydrogens (primary N) is 1. The van der Waals surface area contributed by atoms with E-state index in [0.717, 1.165) is 11.1 Å². The molecule has 1 aromatic carbocycles. The van der Waals surface area contributed by atoms with Crippen LogP contribution in [-0.2, 0) is 11.2 Å². The first-order valence-corrected chi connectivity index (χ1v) is 5.13. The highest BCUT2D eigenvalue weighted by Crippen LogP contribution is 2.17. The molecule has 0 spiro atoms. The molecular formula is C13H17NO2. The largest absolute Gasteiger partial charge is 0.443 e. The first kappa shape index (κ1) is 12.3. The highest BCUT2D eigenvalue weighted by atomic mass is 16.6. The summed E-state index contributed by atoms with van der Waals surface area (Å²) in [6.45, 7) is 7.35. The summed E-state index contributed by atoms with van der Waals surface area (Å²) >= 11 is 0. The molecule has 3 nitrogen and oxygen atoms in total. The fourth-order valence-electron chi connectivity index (χ4n) is 1.57. The van der Waals surface area contributed by atoms with Gasteiger partial charge in [-0.25, -0.2) is 4.79 Å². The van der Waals surface area contributed by atoms with E-state index in [4.69, 9.17) is 10.5 Å². The van der Waals surface area contributed by atoms with Crippen LogP contribution in [0.15, 0.2) is 30.8 Å². The summed E-state index contributed by atoms with van der Waals surface area (Å²) in [5.41, 5.74) is 6.58. The Morgan fingerprint density at radius 1 is 1.44 bits per heavy atom. The molecule has 0 radical (unpaired) electrons. The van der Waals surface area contributed by atoms with Crippen LogP contribution in [0.2, 0.25) is 0 Å². The van der Waals surface area contributed by atoms with Crippen LogP contribution in [0.5, 0.6) is 0 Å². The maximum absolute atomic E-state index is 10.7. The Morgan fingerprint density at radius 2 is 2.00 bits per heavy atom. The maximum atomic E-state index is 10.7. The Labute approximate surface area is 95.9 Å². The number of benzene rings is 1. The van der Waals surface area contributed by atoms with Crippen LogP contribution in [0, 0.1) is 0 Å². The van der Waals surface area contributed by atoms with Gasteiger partial charge in [-0.15, -0.1) is 0 Å². The number of carbonyl (C=O) groups is 1. The molecule has 1 aromatic rings. The quantitative estimate of drug-likeness (QED) is 0.846. The molecule has 0 heterocycles. The predicted molar refractivity (Wildman–Crippen MR) is 65.0 cm³/mol. The van der Waals surface area contributed by atoms with Gasteiger partial charge in [-0.05, 0) is 25.0 Å². The van der Waals surface area contributed by atoms with Gasteiger partial charge in [0.2, 0.25) is 0 Å². The highest BCUT2D eigenvalue weighted by molar-refractivity contribution is 5.65. The molecule has 0 fully saturated rings. The molecule has 0 saturated carbocycles. The molecule has 1 rings (SSSR count). The molecule has 0 aliphatic carbocycles. The van der Waals surface area contributed by atoms with Crippen molar-refractivity contribution in [1.82, 2.24) is 0 Å². The minimum absolute atomic E-state index is 0.582. The van der Waals surface area contributed by atoms with E-state index < -0.39 is 11.7 Å². The topological polar surface area (TPSA) is 52.3 Å². The lowest BCUT2D eigenvalue weighted by atomic mass is 9.97. The van der Waals surface area contributed by atoms with Gasteiger partial charge in [0.05, 0.1) is 0 Å². The highest BCUT2D eigenvalue weighted by Gasteiger charge is 2.21. The average Bonchev–Trinajstić information content (AvgIpc) is 2.16. The van der Waals surface area contributed by atoms with Crippen molar-refractivity contribution in [3.05, 3.63) is 42.0 Å². The number of rotatable bonds is 4. The van der Waals surface area contributed by atoms with Gasteiger partial charge < -0.3 is 10.5 Å². The Balaban J connectivity index is 2.71. The summed E-state index contributed by atoms with van der Waals surface area (Å²) in [5.74, 6) is 0. The van der Waals surface area contributed by atoms with Gasteiger partial charge in [-0.2, -0.15) is 0 Å². The van der Waals surface area contributed by atoms with Crippen molar-refractivity contribution in [3.63, 3.8) is 0 Å². The van der Waals surface area contributed by atoms with E-state index in [1.54, 1.807) is 6.08 Å². The Hall–Kier alpha value is -1.77. The van der Waals surface area contributed by atoms with E-state index in [0.29, 0.717) is 6.42 Å². The SMILES string of the molecule is C=Cc1ccc(CC(C)(C)OC(N)=O)cc1. The molecule has 0 saturated heterocycles. The van der Waals surface area contributed by atoms with Crippen LogP contribution < -0.4 is 5.73 Å². The molecule has 3 heteroatoms. The molecule has 0 unspecified atom stereocenters. The summed E-state index contributed by atoms with van der Waals surface area (Å²) < 4.78 is 5.02. The van der Waals surface area contributed by atoms with Crippen molar-refractivity contribution >= 4 is 12.2 Å². The molecule has 0 atom stereocenters. The second kappa shape index (κ2) is 4.84. The summed E-state index contributed by atoms with van der Waals surface area (Å²) in [6, 6.07) is 7.93. The molecule has 86 valence electrons. The van der Waals surface area contributed by atoms with Gasteiger partial charge in [0, 0.05) is 6.42 Å². The van der Waals surface area contributed by atoms with Gasteiger partial charge in [-0.1, -0.05) is 36.9 Å². The maximum Gasteiger partial charge on any atom is 0.405 e. The predicted octanol–water partition coefficient (Wildman–Crippen LogP) is 2.75. The average molecular weight is 219 g/mol. The second-order valence-corrected chi connectivity index (χ2v) is 4.30. The minimum Gasteiger partial charge on any atom is -0.443 e. The molecular weight excluding hydrogens is 202 g/mol. The van der Waals surface area contributed by atoms with Gasteiger partial charge in [0.1, 0.15) is 5.60 Å². The molecule has 0 bridgehead atoms. The first-order valence-electron chi connectivity index (χ1n) is 5.13.